The highest BCUT2D eigenvalue weighted by Crippen LogP contribution is 1.96. The van der Waals surface area contributed by atoms with Gasteiger partial charge in [0.2, 0.25) is 0 Å². The van der Waals surface area contributed by atoms with Crippen LogP contribution in [0.15, 0.2) is 30.3 Å². The van der Waals surface area contributed by atoms with Gasteiger partial charge in [-0.2, -0.15) is 0 Å². The molecule has 0 bridgehead atoms. The lowest BCUT2D eigenvalue weighted by Gasteiger charge is -1.95. The highest BCUT2D eigenvalue weighted by Gasteiger charge is 2.03. The Morgan fingerprint density at radius 1 is 1.00 bits per heavy atom. The SMILES string of the molecule is CCC(=O)OC(=O)CC.O=C(O)c1ccccc1. The quantitative estimate of drug-likeness (QED) is 0.659. The number of hydrogen-bond donors (Lipinski definition) is 1. The van der Waals surface area contributed by atoms with Crippen molar-refractivity contribution in [1.29, 1.82) is 0 Å². The summed E-state index contributed by atoms with van der Waals surface area (Å²) in [5, 5.41) is 8.38. The zero-order chi connectivity index (χ0) is 14.0. The summed E-state index contributed by atoms with van der Waals surface area (Å²) < 4.78 is 4.27. The number of aromatic carboxylic acids is 1. The van der Waals surface area contributed by atoms with Crippen molar-refractivity contribution in [2.24, 2.45) is 0 Å². The van der Waals surface area contributed by atoms with E-state index in [1.807, 2.05) is 0 Å². The number of carboxylic acids is 1. The molecule has 1 aromatic carbocycles. The zero-order valence-corrected chi connectivity index (χ0v) is 10.4. The minimum Gasteiger partial charge on any atom is -0.478 e. The van der Waals surface area contributed by atoms with Gasteiger partial charge in [-0.25, -0.2) is 4.79 Å². The van der Waals surface area contributed by atoms with E-state index in [-0.39, 0.29) is 12.8 Å². The van der Waals surface area contributed by atoms with Crippen molar-refractivity contribution >= 4 is 17.9 Å². The number of hydrogen-bond acceptors (Lipinski definition) is 4. The molecule has 0 saturated carbocycles. The molecule has 0 aromatic heterocycles. The zero-order valence-electron chi connectivity index (χ0n) is 10.4. The van der Waals surface area contributed by atoms with Crippen molar-refractivity contribution in [3.05, 3.63) is 35.9 Å². The van der Waals surface area contributed by atoms with E-state index in [1.165, 1.54) is 0 Å². The molecule has 98 valence electrons. The van der Waals surface area contributed by atoms with Gasteiger partial charge in [-0.05, 0) is 12.1 Å². The number of carbonyl (C=O) groups is 3. The Balaban J connectivity index is 0.000000321. The molecular weight excluding hydrogens is 236 g/mol. The molecule has 0 amide bonds. The molecule has 1 aromatic rings. The molecule has 0 aliphatic carbocycles. The van der Waals surface area contributed by atoms with Crippen LogP contribution in [0, 0.1) is 0 Å². The van der Waals surface area contributed by atoms with E-state index in [0.717, 1.165) is 0 Å². The van der Waals surface area contributed by atoms with Crippen LogP contribution >= 0.6 is 0 Å². The number of esters is 2. The average Bonchev–Trinajstić information content (AvgIpc) is 2.40. The molecule has 0 heterocycles. The summed E-state index contributed by atoms with van der Waals surface area (Å²) in [4.78, 5) is 30.9. The highest BCUT2D eigenvalue weighted by atomic mass is 16.6. The van der Waals surface area contributed by atoms with Crippen LogP contribution in [0.1, 0.15) is 37.0 Å². The Morgan fingerprint density at radius 2 is 1.44 bits per heavy atom. The van der Waals surface area contributed by atoms with Crippen LogP contribution in [0.2, 0.25) is 0 Å². The summed E-state index contributed by atoms with van der Waals surface area (Å²) in [5.74, 6) is -1.79. The van der Waals surface area contributed by atoms with Crippen LogP contribution in [0.25, 0.3) is 0 Å². The third-order valence-corrected chi connectivity index (χ3v) is 1.83. The van der Waals surface area contributed by atoms with Gasteiger partial charge in [-0.15, -0.1) is 0 Å². The molecule has 0 atom stereocenters. The van der Waals surface area contributed by atoms with E-state index in [0.29, 0.717) is 5.56 Å². The Bertz CT molecular complexity index is 383. The topological polar surface area (TPSA) is 80.7 Å². The summed E-state index contributed by atoms with van der Waals surface area (Å²) >= 11 is 0. The standard InChI is InChI=1S/C7H6O2.C6H10O3/c8-7(9)6-4-2-1-3-5-6;1-3-5(7)9-6(8)4-2/h1-5H,(H,8,9);3-4H2,1-2H3. The third-order valence-electron chi connectivity index (χ3n) is 1.83. The Labute approximate surface area is 105 Å². The van der Waals surface area contributed by atoms with Crippen LogP contribution in [0.3, 0.4) is 0 Å². The molecule has 5 nitrogen and oxygen atoms in total. The van der Waals surface area contributed by atoms with Gasteiger partial charge >= 0.3 is 17.9 Å². The summed E-state index contributed by atoms with van der Waals surface area (Å²) in [7, 11) is 0. The summed E-state index contributed by atoms with van der Waals surface area (Å²) in [6, 6.07) is 8.30. The minimum absolute atomic E-state index is 0.256. The lowest BCUT2D eigenvalue weighted by atomic mass is 10.2. The normalized spacial score (nSPS) is 8.78. The van der Waals surface area contributed by atoms with Crippen LogP contribution in [0.5, 0.6) is 0 Å². The van der Waals surface area contributed by atoms with Crippen LogP contribution in [0.4, 0.5) is 0 Å². The van der Waals surface area contributed by atoms with Gasteiger partial charge in [-0.1, -0.05) is 32.0 Å². The van der Waals surface area contributed by atoms with Gasteiger partial charge in [0.05, 0.1) is 5.56 Å². The number of carboxylic acid groups (broad SMARTS) is 1. The molecular formula is C13H16O5. The van der Waals surface area contributed by atoms with E-state index in [2.05, 4.69) is 4.74 Å². The molecule has 0 spiro atoms. The van der Waals surface area contributed by atoms with Crippen LogP contribution < -0.4 is 0 Å². The Kier molecular flexibility index (Phi) is 7.85. The highest BCUT2D eigenvalue weighted by molar-refractivity contribution is 5.87. The van der Waals surface area contributed by atoms with E-state index >= 15 is 0 Å². The maximum Gasteiger partial charge on any atom is 0.335 e. The smallest absolute Gasteiger partial charge is 0.335 e. The van der Waals surface area contributed by atoms with Crippen LogP contribution in [-0.4, -0.2) is 23.0 Å². The van der Waals surface area contributed by atoms with Crippen molar-refractivity contribution in [2.75, 3.05) is 0 Å². The maximum absolute atomic E-state index is 10.3. The lowest BCUT2D eigenvalue weighted by molar-refractivity contribution is -0.159. The molecule has 0 aliphatic heterocycles. The van der Waals surface area contributed by atoms with E-state index < -0.39 is 17.9 Å². The van der Waals surface area contributed by atoms with Crippen molar-refractivity contribution < 1.29 is 24.2 Å². The number of carbonyl (C=O) groups excluding carboxylic acids is 2. The molecule has 0 radical (unpaired) electrons. The second-order valence-electron chi connectivity index (χ2n) is 3.22. The Morgan fingerprint density at radius 3 is 1.72 bits per heavy atom. The van der Waals surface area contributed by atoms with Gasteiger partial charge in [0.25, 0.3) is 0 Å². The molecule has 0 unspecified atom stereocenters. The fraction of sp³-hybridized carbons (Fsp3) is 0.308. The van der Waals surface area contributed by atoms with Gasteiger partial charge in [0, 0.05) is 12.8 Å². The van der Waals surface area contributed by atoms with E-state index in [9.17, 15) is 14.4 Å². The monoisotopic (exact) mass is 252 g/mol. The molecule has 18 heavy (non-hydrogen) atoms. The van der Waals surface area contributed by atoms with Gasteiger partial charge in [0.1, 0.15) is 0 Å². The van der Waals surface area contributed by atoms with Crippen molar-refractivity contribution in [1.82, 2.24) is 0 Å². The number of benzene rings is 1. The molecule has 1 N–H and O–H groups in total. The largest absolute Gasteiger partial charge is 0.478 e. The number of rotatable bonds is 3. The first-order valence-corrected chi connectivity index (χ1v) is 5.53. The molecule has 0 fully saturated rings. The third kappa shape index (κ3) is 7.16. The first kappa shape index (κ1) is 15.8. The first-order chi connectivity index (χ1) is 8.51. The molecule has 0 aliphatic rings. The summed E-state index contributed by atoms with van der Waals surface area (Å²) in [5.41, 5.74) is 0.331. The lowest BCUT2D eigenvalue weighted by Crippen LogP contribution is -2.09. The molecule has 1 rings (SSSR count). The fourth-order valence-corrected chi connectivity index (χ4v) is 0.852. The predicted octanol–water partition coefficient (Wildman–Crippen LogP) is 2.26. The fourth-order valence-electron chi connectivity index (χ4n) is 0.852. The van der Waals surface area contributed by atoms with E-state index in [1.54, 1.807) is 44.2 Å². The maximum atomic E-state index is 10.3. The van der Waals surface area contributed by atoms with Gasteiger partial charge < -0.3 is 9.84 Å². The predicted molar refractivity (Wildman–Crippen MR) is 65.1 cm³/mol. The van der Waals surface area contributed by atoms with Gasteiger partial charge in [-0.3, -0.25) is 9.59 Å². The van der Waals surface area contributed by atoms with Gasteiger partial charge in [0.15, 0.2) is 0 Å². The van der Waals surface area contributed by atoms with E-state index in [4.69, 9.17) is 5.11 Å². The summed E-state index contributed by atoms with van der Waals surface area (Å²) in [6.45, 7) is 3.29. The average molecular weight is 252 g/mol. The molecule has 0 saturated heterocycles. The summed E-state index contributed by atoms with van der Waals surface area (Å²) in [6.07, 6.45) is 0.511. The first-order valence-electron chi connectivity index (χ1n) is 5.53. The Hall–Kier alpha value is -2.17. The number of ether oxygens (including phenoxy) is 1. The van der Waals surface area contributed by atoms with Crippen molar-refractivity contribution in [3.8, 4) is 0 Å². The van der Waals surface area contributed by atoms with Crippen molar-refractivity contribution in [3.63, 3.8) is 0 Å². The minimum atomic E-state index is -0.879. The van der Waals surface area contributed by atoms with Crippen molar-refractivity contribution in [2.45, 2.75) is 26.7 Å². The van der Waals surface area contributed by atoms with Crippen LogP contribution in [-0.2, 0) is 14.3 Å². The second-order valence-corrected chi connectivity index (χ2v) is 3.22. The molecule has 5 heteroatoms. The second kappa shape index (κ2) is 8.92.